The van der Waals surface area contributed by atoms with Gasteiger partial charge in [0.05, 0.1) is 20.3 Å². The van der Waals surface area contributed by atoms with Crippen LogP contribution < -0.4 is 14.8 Å². The van der Waals surface area contributed by atoms with E-state index < -0.39 is 0 Å². The van der Waals surface area contributed by atoms with E-state index in [-0.39, 0.29) is 11.9 Å². The molecule has 1 aliphatic rings. The second-order valence-electron chi connectivity index (χ2n) is 4.67. The molecule has 1 N–H and O–H groups in total. The highest BCUT2D eigenvalue weighted by atomic mass is 16.5. The van der Waals surface area contributed by atoms with Crippen molar-refractivity contribution in [1.29, 1.82) is 0 Å². The molecule has 2 rings (SSSR count). The Balaban J connectivity index is 1.98. The number of ether oxygens (including phenoxy) is 2. The molecule has 1 aromatic rings. The fourth-order valence-electron chi connectivity index (χ4n) is 2.24. The zero-order valence-corrected chi connectivity index (χ0v) is 11.6. The Hall–Kier alpha value is -1.75. The van der Waals surface area contributed by atoms with Crippen molar-refractivity contribution in [2.45, 2.75) is 19.0 Å². The minimum Gasteiger partial charge on any atom is -0.493 e. The average molecular weight is 264 g/mol. The summed E-state index contributed by atoms with van der Waals surface area (Å²) in [4.78, 5) is 13.5. The van der Waals surface area contributed by atoms with E-state index in [4.69, 9.17) is 9.47 Å². The quantitative estimate of drug-likeness (QED) is 0.863. The molecule has 104 valence electrons. The number of benzene rings is 1. The molecule has 1 atom stereocenters. The molecular weight excluding hydrogens is 244 g/mol. The molecular formula is C14H20N2O3. The first-order chi connectivity index (χ1) is 9.15. The van der Waals surface area contributed by atoms with Crippen molar-refractivity contribution in [2.75, 3.05) is 27.8 Å². The zero-order valence-electron chi connectivity index (χ0n) is 11.6. The van der Waals surface area contributed by atoms with E-state index in [1.165, 1.54) is 0 Å². The maximum atomic E-state index is 11.8. The molecule has 1 aromatic carbocycles. The van der Waals surface area contributed by atoms with Gasteiger partial charge in [0, 0.05) is 20.1 Å². The van der Waals surface area contributed by atoms with Gasteiger partial charge in [-0.05, 0) is 24.1 Å². The molecule has 0 aromatic heterocycles. The van der Waals surface area contributed by atoms with Gasteiger partial charge in [0.15, 0.2) is 11.5 Å². The van der Waals surface area contributed by atoms with Crippen molar-refractivity contribution in [3.8, 4) is 11.5 Å². The number of methoxy groups -OCH3 is 2. The van der Waals surface area contributed by atoms with E-state index in [0.29, 0.717) is 18.0 Å². The number of nitrogens with one attached hydrogen (secondary N) is 1. The summed E-state index contributed by atoms with van der Waals surface area (Å²) in [6.45, 7) is 1.47. The number of hydrogen-bond donors (Lipinski definition) is 1. The number of likely N-dealkylation sites (N-methyl/N-ethyl adjacent to an activating group) is 1. The summed E-state index contributed by atoms with van der Waals surface area (Å²) < 4.78 is 10.5. The third-order valence-corrected chi connectivity index (χ3v) is 3.43. The van der Waals surface area contributed by atoms with Gasteiger partial charge < -0.3 is 19.7 Å². The predicted octanol–water partition coefficient (Wildman–Crippen LogP) is 1.02. The van der Waals surface area contributed by atoms with Gasteiger partial charge in [-0.1, -0.05) is 6.07 Å². The Morgan fingerprint density at radius 1 is 1.32 bits per heavy atom. The number of hydrogen-bond acceptors (Lipinski definition) is 4. The van der Waals surface area contributed by atoms with E-state index >= 15 is 0 Å². The first kappa shape index (κ1) is 13.7. The summed E-state index contributed by atoms with van der Waals surface area (Å²) in [5, 5.41) is 3.28. The van der Waals surface area contributed by atoms with Crippen LogP contribution in [0.25, 0.3) is 0 Å². The molecule has 5 heteroatoms. The van der Waals surface area contributed by atoms with E-state index in [2.05, 4.69) is 5.32 Å². The number of rotatable bonds is 5. The van der Waals surface area contributed by atoms with Gasteiger partial charge in [0.25, 0.3) is 0 Å². The van der Waals surface area contributed by atoms with Gasteiger partial charge in [-0.25, -0.2) is 0 Å². The Labute approximate surface area is 113 Å². The highest BCUT2D eigenvalue weighted by Gasteiger charge is 2.28. The first-order valence-electron chi connectivity index (χ1n) is 6.35. The SMILES string of the molecule is COc1ccc(CNC2CCN(C)C2=O)cc1OC. The van der Waals surface area contributed by atoms with Crippen LogP contribution in [0.2, 0.25) is 0 Å². The molecule has 1 fully saturated rings. The van der Waals surface area contributed by atoms with Gasteiger partial charge in [0.2, 0.25) is 5.91 Å². The van der Waals surface area contributed by atoms with Crippen LogP contribution >= 0.6 is 0 Å². The highest BCUT2D eigenvalue weighted by Crippen LogP contribution is 2.27. The van der Waals surface area contributed by atoms with Crippen LogP contribution in [0, 0.1) is 0 Å². The fourth-order valence-corrected chi connectivity index (χ4v) is 2.24. The van der Waals surface area contributed by atoms with E-state index in [9.17, 15) is 4.79 Å². The van der Waals surface area contributed by atoms with E-state index in [1.54, 1.807) is 19.1 Å². The van der Waals surface area contributed by atoms with Crippen LogP contribution in [0.3, 0.4) is 0 Å². The molecule has 5 nitrogen and oxygen atoms in total. The summed E-state index contributed by atoms with van der Waals surface area (Å²) in [6.07, 6.45) is 0.864. The molecule has 1 saturated heterocycles. The minimum atomic E-state index is -0.0712. The van der Waals surface area contributed by atoms with Crippen molar-refractivity contribution in [1.82, 2.24) is 10.2 Å². The predicted molar refractivity (Wildman–Crippen MR) is 72.4 cm³/mol. The zero-order chi connectivity index (χ0) is 13.8. The highest BCUT2D eigenvalue weighted by molar-refractivity contribution is 5.83. The molecule has 19 heavy (non-hydrogen) atoms. The summed E-state index contributed by atoms with van der Waals surface area (Å²) in [7, 11) is 5.06. The van der Waals surface area contributed by atoms with Crippen LogP contribution in [0.4, 0.5) is 0 Å². The van der Waals surface area contributed by atoms with Gasteiger partial charge in [-0.15, -0.1) is 0 Å². The monoisotopic (exact) mass is 264 g/mol. The fraction of sp³-hybridized carbons (Fsp3) is 0.500. The molecule has 0 aliphatic carbocycles. The van der Waals surface area contributed by atoms with Gasteiger partial charge in [-0.2, -0.15) is 0 Å². The van der Waals surface area contributed by atoms with Crippen LogP contribution in [0.5, 0.6) is 11.5 Å². The lowest BCUT2D eigenvalue weighted by Crippen LogP contribution is -2.36. The van der Waals surface area contributed by atoms with Crippen molar-refractivity contribution in [2.24, 2.45) is 0 Å². The Morgan fingerprint density at radius 2 is 2.05 bits per heavy atom. The summed E-state index contributed by atoms with van der Waals surface area (Å²) >= 11 is 0. The molecule has 0 radical (unpaired) electrons. The molecule has 1 heterocycles. The number of nitrogens with zero attached hydrogens (tertiary/aromatic N) is 1. The van der Waals surface area contributed by atoms with E-state index in [0.717, 1.165) is 18.5 Å². The third kappa shape index (κ3) is 2.98. The van der Waals surface area contributed by atoms with Gasteiger partial charge >= 0.3 is 0 Å². The van der Waals surface area contributed by atoms with Crippen LogP contribution in [0.1, 0.15) is 12.0 Å². The Bertz CT molecular complexity index is 462. The molecule has 1 amide bonds. The minimum absolute atomic E-state index is 0.0712. The topological polar surface area (TPSA) is 50.8 Å². The Kier molecular flexibility index (Phi) is 4.27. The number of likely N-dealkylation sites (tertiary alicyclic amines) is 1. The van der Waals surface area contributed by atoms with Crippen LogP contribution in [-0.4, -0.2) is 44.7 Å². The van der Waals surface area contributed by atoms with Gasteiger partial charge in [-0.3, -0.25) is 4.79 Å². The molecule has 1 unspecified atom stereocenters. The van der Waals surface area contributed by atoms with Crippen LogP contribution in [0.15, 0.2) is 18.2 Å². The van der Waals surface area contributed by atoms with Crippen molar-refractivity contribution >= 4 is 5.91 Å². The second-order valence-corrected chi connectivity index (χ2v) is 4.67. The summed E-state index contributed by atoms with van der Waals surface area (Å²) in [5.74, 6) is 1.58. The van der Waals surface area contributed by atoms with Crippen molar-refractivity contribution in [3.63, 3.8) is 0 Å². The summed E-state index contributed by atoms with van der Waals surface area (Å²) in [5.41, 5.74) is 1.07. The number of carbonyl (C=O) groups excluding carboxylic acids is 1. The summed E-state index contributed by atoms with van der Waals surface area (Å²) in [6, 6.07) is 5.70. The standard InChI is InChI=1S/C14H20N2O3/c1-16-7-6-11(14(16)17)15-9-10-4-5-12(18-2)13(8-10)19-3/h4-5,8,11,15H,6-7,9H2,1-3H3. The largest absolute Gasteiger partial charge is 0.493 e. The smallest absolute Gasteiger partial charge is 0.239 e. The normalized spacial score (nSPS) is 18.8. The Morgan fingerprint density at radius 3 is 2.63 bits per heavy atom. The first-order valence-corrected chi connectivity index (χ1v) is 6.35. The maximum Gasteiger partial charge on any atom is 0.239 e. The van der Waals surface area contributed by atoms with Crippen molar-refractivity contribution in [3.05, 3.63) is 23.8 Å². The maximum absolute atomic E-state index is 11.8. The third-order valence-electron chi connectivity index (χ3n) is 3.43. The lowest BCUT2D eigenvalue weighted by Gasteiger charge is -2.13. The average Bonchev–Trinajstić information content (AvgIpc) is 2.76. The second kappa shape index (κ2) is 5.93. The molecule has 0 saturated carbocycles. The number of carbonyl (C=O) groups is 1. The molecule has 0 bridgehead atoms. The lowest BCUT2D eigenvalue weighted by atomic mass is 10.1. The van der Waals surface area contributed by atoms with Gasteiger partial charge in [0.1, 0.15) is 0 Å². The lowest BCUT2D eigenvalue weighted by molar-refractivity contribution is -0.128. The number of amides is 1. The van der Waals surface area contributed by atoms with E-state index in [1.807, 2.05) is 25.2 Å². The van der Waals surface area contributed by atoms with Crippen LogP contribution in [-0.2, 0) is 11.3 Å². The molecule has 1 aliphatic heterocycles. The van der Waals surface area contributed by atoms with Crippen molar-refractivity contribution < 1.29 is 14.3 Å². The molecule has 0 spiro atoms.